The molecule has 2 heterocycles. The van der Waals surface area contributed by atoms with Gasteiger partial charge in [0.25, 0.3) is 0 Å². The quantitative estimate of drug-likeness (QED) is 0.835. The van der Waals surface area contributed by atoms with E-state index in [1.165, 1.54) is 0 Å². The Bertz CT molecular complexity index is 869. The average Bonchev–Trinajstić information content (AvgIpc) is 3.32. The summed E-state index contributed by atoms with van der Waals surface area (Å²) in [5, 5.41) is 2.67. The molecular weight excluding hydrogens is 334 g/mol. The molecule has 1 saturated heterocycles. The van der Waals surface area contributed by atoms with Crippen LogP contribution in [0, 0.1) is 0 Å². The highest BCUT2D eigenvalue weighted by Crippen LogP contribution is 2.40. The molecule has 0 spiro atoms. The zero-order valence-corrected chi connectivity index (χ0v) is 15.2. The molecule has 1 saturated carbocycles. The van der Waals surface area contributed by atoms with E-state index in [1.807, 2.05) is 20.8 Å². The molecule has 2 amide bonds. The highest BCUT2D eigenvalue weighted by molar-refractivity contribution is 6.39. The standard InChI is InChI=1S/C19H23N3O4/c1-11-9-22(10-19(2,3)26-11)18(24)16(23)20-13-6-7-15-14(8-13)21-17(25-15)12-4-5-12/h6-8,11-12H,4-5,9-10H2,1-3H3,(H,20,23). The van der Waals surface area contributed by atoms with Crippen molar-refractivity contribution in [1.82, 2.24) is 9.88 Å². The molecule has 1 atom stereocenters. The fraction of sp³-hybridized carbons (Fsp3) is 0.526. The Morgan fingerprint density at radius 3 is 2.77 bits per heavy atom. The van der Waals surface area contributed by atoms with Crippen LogP contribution in [0.5, 0.6) is 0 Å². The minimum absolute atomic E-state index is 0.108. The van der Waals surface area contributed by atoms with Crippen LogP contribution < -0.4 is 5.32 Å². The van der Waals surface area contributed by atoms with Gasteiger partial charge < -0.3 is 19.4 Å². The Hall–Kier alpha value is -2.41. The summed E-state index contributed by atoms with van der Waals surface area (Å²) in [5.41, 5.74) is 1.46. The van der Waals surface area contributed by atoms with Gasteiger partial charge in [-0.15, -0.1) is 0 Å². The zero-order chi connectivity index (χ0) is 18.5. The fourth-order valence-electron chi connectivity index (χ4n) is 3.46. The second-order valence-electron chi connectivity index (χ2n) is 7.84. The van der Waals surface area contributed by atoms with E-state index >= 15 is 0 Å². The summed E-state index contributed by atoms with van der Waals surface area (Å²) in [4.78, 5) is 30.9. The van der Waals surface area contributed by atoms with Gasteiger partial charge in [0.15, 0.2) is 11.5 Å². The Labute approximate surface area is 151 Å². The monoisotopic (exact) mass is 357 g/mol. The van der Waals surface area contributed by atoms with Crippen LogP contribution in [0.15, 0.2) is 22.6 Å². The Kier molecular flexibility index (Phi) is 3.99. The number of hydrogen-bond acceptors (Lipinski definition) is 5. The van der Waals surface area contributed by atoms with E-state index in [0.717, 1.165) is 18.7 Å². The number of aromatic nitrogens is 1. The maximum atomic E-state index is 12.5. The van der Waals surface area contributed by atoms with Crippen LogP contribution in [0.4, 0.5) is 5.69 Å². The van der Waals surface area contributed by atoms with Gasteiger partial charge in [0.1, 0.15) is 5.52 Å². The molecule has 1 aliphatic carbocycles. The van der Waals surface area contributed by atoms with Crippen LogP contribution in [-0.2, 0) is 14.3 Å². The highest BCUT2D eigenvalue weighted by atomic mass is 16.5. The predicted molar refractivity (Wildman–Crippen MR) is 95.8 cm³/mol. The number of amides is 2. The summed E-state index contributed by atoms with van der Waals surface area (Å²) < 4.78 is 11.5. The largest absolute Gasteiger partial charge is 0.440 e. The molecule has 138 valence electrons. The maximum absolute atomic E-state index is 12.5. The molecule has 7 heteroatoms. The van der Waals surface area contributed by atoms with E-state index in [-0.39, 0.29) is 6.10 Å². The lowest BCUT2D eigenvalue weighted by molar-refractivity contribution is -0.161. The molecule has 0 radical (unpaired) electrons. The molecule has 2 aliphatic rings. The zero-order valence-electron chi connectivity index (χ0n) is 15.2. The van der Waals surface area contributed by atoms with Crippen LogP contribution in [0.2, 0.25) is 0 Å². The van der Waals surface area contributed by atoms with Crippen molar-refractivity contribution < 1.29 is 18.7 Å². The van der Waals surface area contributed by atoms with Crippen molar-refractivity contribution >= 4 is 28.6 Å². The number of oxazole rings is 1. The first-order chi connectivity index (χ1) is 12.3. The van der Waals surface area contributed by atoms with Gasteiger partial charge in [0.05, 0.1) is 11.7 Å². The number of nitrogens with zero attached hydrogens (tertiary/aromatic N) is 2. The highest BCUT2D eigenvalue weighted by Gasteiger charge is 2.36. The SMILES string of the molecule is CC1CN(C(=O)C(=O)Nc2ccc3oc(C4CC4)nc3c2)CC(C)(C)O1. The van der Waals surface area contributed by atoms with Crippen LogP contribution in [-0.4, -0.2) is 46.5 Å². The van der Waals surface area contributed by atoms with Crippen molar-refractivity contribution in [3.8, 4) is 0 Å². The number of rotatable bonds is 2. The summed E-state index contributed by atoms with van der Waals surface area (Å²) in [5.74, 6) is -0.0231. The maximum Gasteiger partial charge on any atom is 0.313 e. The molecule has 26 heavy (non-hydrogen) atoms. The van der Waals surface area contributed by atoms with Crippen molar-refractivity contribution in [2.24, 2.45) is 0 Å². The van der Waals surface area contributed by atoms with Crippen LogP contribution in [0.1, 0.15) is 45.4 Å². The van der Waals surface area contributed by atoms with Crippen molar-refractivity contribution in [3.63, 3.8) is 0 Å². The van der Waals surface area contributed by atoms with Gasteiger partial charge in [0.2, 0.25) is 0 Å². The lowest BCUT2D eigenvalue weighted by Gasteiger charge is -2.41. The molecule has 0 bridgehead atoms. The molecule has 2 fully saturated rings. The third-order valence-corrected chi connectivity index (χ3v) is 4.64. The summed E-state index contributed by atoms with van der Waals surface area (Å²) in [7, 11) is 0. The number of nitrogens with one attached hydrogen (secondary N) is 1. The lowest BCUT2D eigenvalue weighted by atomic mass is 10.1. The smallest absolute Gasteiger partial charge is 0.313 e. The molecule has 1 aliphatic heterocycles. The van der Waals surface area contributed by atoms with Crippen LogP contribution >= 0.6 is 0 Å². The number of carbonyl (C=O) groups is 2. The van der Waals surface area contributed by atoms with E-state index in [1.54, 1.807) is 23.1 Å². The van der Waals surface area contributed by atoms with Gasteiger partial charge in [-0.1, -0.05) is 0 Å². The number of benzene rings is 1. The minimum atomic E-state index is -0.653. The number of hydrogen-bond donors (Lipinski definition) is 1. The van der Waals surface area contributed by atoms with Crippen molar-refractivity contribution in [2.75, 3.05) is 18.4 Å². The first kappa shape index (κ1) is 17.0. The number of carbonyl (C=O) groups excluding carboxylic acids is 2. The Morgan fingerprint density at radius 2 is 2.08 bits per heavy atom. The number of ether oxygens (including phenoxy) is 1. The Balaban J connectivity index is 1.46. The molecular formula is C19H23N3O4. The van der Waals surface area contributed by atoms with E-state index in [9.17, 15) is 9.59 Å². The van der Waals surface area contributed by atoms with Crippen LogP contribution in [0.25, 0.3) is 11.1 Å². The van der Waals surface area contributed by atoms with Crippen molar-refractivity contribution in [3.05, 3.63) is 24.1 Å². The van der Waals surface area contributed by atoms with E-state index in [4.69, 9.17) is 9.15 Å². The van der Waals surface area contributed by atoms with E-state index < -0.39 is 17.4 Å². The molecule has 2 aromatic rings. The fourth-order valence-corrected chi connectivity index (χ4v) is 3.46. The predicted octanol–water partition coefficient (Wildman–Crippen LogP) is 2.67. The average molecular weight is 357 g/mol. The summed E-state index contributed by atoms with van der Waals surface area (Å²) in [6, 6.07) is 5.23. The molecule has 7 nitrogen and oxygen atoms in total. The minimum Gasteiger partial charge on any atom is -0.440 e. The van der Waals surface area contributed by atoms with Gasteiger partial charge in [-0.2, -0.15) is 0 Å². The van der Waals surface area contributed by atoms with Gasteiger partial charge in [-0.05, 0) is 51.8 Å². The molecule has 1 N–H and O–H groups in total. The van der Waals surface area contributed by atoms with Gasteiger partial charge in [0, 0.05) is 24.7 Å². The van der Waals surface area contributed by atoms with E-state index in [2.05, 4.69) is 10.3 Å². The lowest BCUT2D eigenvalue weighted by Crippen LogP contribution is -2.56. The van der Waals surface area contributed by atoms with Gasteiger partial charge in [-0.25, -0.2) is 4.98 Å². The third-order valence-electron chi connectivity index (χ3n) is 4.64. The third kappa shape index (κ3) is 3.44. The number of morpholine rings is 1. The molecule has 1 aromatic carbocycles. The molecule has 4 rings (SSSR count). The van der Waals surface area contributed by atoms with Crippen molar-refractivity contribution in [1.29, 1.82) is 0 Å². The first-order valence-corrected chi connectivity index (χ1v) is 8.99. The molecule has 1 unspecified atom stereocenters. The number of anilines is 1. The molecule has 1 aromatic heterocycles. The second kappa shape index (κ2) is 6.09. The Morgan fingerprint density at radius 1 is 1.31 bits per heavy atom. The van der Waals surface area contributed by atoms with Gasteiger partial charge in [-0.3, -0.25) is 9.59 Å². The number of fused-ring (bicyclic) bond motifs is 1. The second-order valence-corrected chi connectivity index (χ2v) is 7.84. The van der Waals surface area contributed by atoms with Crippen LogP contribution in [0.3, 0.4) is 0 Å². The van der Waals surface area contributed by atoms with E-state index in [0.29, 0.717) is 35.8 Å². The summed E-state index contributed by atoms with van der Waals surface area (Å²) in [6.45, 7) is 6.52. The summed E-state index contributed by atoms with van der Waals surface area (Å²) in [6.07, 6.45) is 2.11. The van der Waals surface area contributed by atoms with Crippen molar-refractivity contribution in [2.45, 2.75) is 51.2 Å². The summed E-state index contributed by atoms with van der Waals surface area (Å²) >= 11 is 0. The normalized spacial score (nSPS) is 22.4. The topological polar surface area (TPSA) is 84.7 Å². The van der Waals surface area contributed by atoms with Gasteiger partial charge >= 0.3 is 11.8 Å². The first-order valence-electron chi connectivity index (χ1n) is 8.99.